The highest BCUT2D eigenvalue weighted by atomic mass is 16.5. The number of carbonyl (C=O) groups excluding carboxylic acids is 1. The van der Waals surface area contributed by atoms with E-state index in [9.17, 15) is 4.79 Å². The summed E-state index contributed by atoms with van der Waals surface area (Å²) in [5.41, 5.74) is 2.26. The Morgan fingerprint density at radius 1 is 1.16 bits per heavy atom. The quantitative estimate of drug-likeness (QED) is 0.738. The van der Waals surface area contributed by atoms with Gasteiger partial charge in [-0.3, -0.25) is 4.79 Å². The third kappa shape index (κ3) is 5.96. The second-order valence-electron chi connectivity index (χ2n) is 6.05. The third-order valence-corrected chi connectivity index (χ3v) is 3.97. The second-order valence-corrected chi connectivity index (χ2v) is 6.05. The molecule has 0 aliphatic rings. The largest absolute Gasteiger partial charge is 0.481 e. The highest BCUT2D eigenvalue weighted by Crippen LogP contribution is 2.15. The number of nitriles is 1. The summed E-state index contributed by atoms with van der Waals surface area (Å²) in [4.78, 5) is 14.5. The van der Waals surface area contributed by atoms with Crippen molar-refractivity contribution in [3.8, 4) is 11.8 Å². The molecule has 130 valence electrons. The Balaban J connectivity index is 1.99. The van der Waals surface area contributed by atoms with Gasteiger partial charge in [0.1, 0.15) is 5.75 Å². The van der Waals surface area contributed by atoms with Gasteiger partial charge < -0.3 is 9.64 Å². The van der Waals surface area contributed by atoms with Gasteiger partial charge in [-0.2, -0.15) is 5.26 Å². The average Bonchev–Trinajstić information content (AvgIpc) is 2.62. The van der Waals surface area contributed by atoms with Gasteiger partial charge in [-0.05, 0) is 43.5 Å². The molecule has 4 nitrogen and oxygen atoms in total. The average molecular weight is 336 g/mol. The summed E-state index contributed by atoms with van der Waals surface area (Å²) in [6.45, 7) is 4.74. The van der Waals surface area contributed by atoms with E-state index in [1.807, 2.05) is 61.5 Å². The van der Waals surface area contributed by atoms with Crippen LogP contribution in [0.2, 0.25) is 0 Å². The monoisotopic (exact) mass is 336 g/mol. The number of benzene rings is 2. The van der Waals surface area contributed by atoms with Gasteiger partial charge >= 0.3 is 0 Å². The molecule has 0 spiro atoms. The number of aryl methyl sites for hydroxylation is 1. The van der Waals surface area contributed by atoms with Crippen LogP contribution in [0.3, 0.4) is 0 Å². The summed E-state index contributed by atoms with van der Waals surface area (Å²) >= 11 is 0. The molecule has 0 aliphatic carbocycles. The fraction of sp³-hybridized carbons (Fsp3) is 0.333. The van der Waals surface area contributed by atoms with Gasteiger partial charge in [0.15, 0.2) is 6.10 Å². The standard InChI is InChI=1S/C21H24N2O2/c1-17-8-6-11-20(16-17)25-18(2)21(24)23(14-7-13-22)15-12-19-9-4-3-5-10-19/h3-6,8-11,16,18H,7,12,14-15H2,1-2H3. The minimum Gasteiger partial charge on any atom is -0.481 e. The number of amides is 1. The molecule has 0 aromatic heterocycles. The highest BCUT2D eigenvalue weighted by Gasteiger charge is 2.21. The number of nitrogens with zero attached hydrogens (tertiary/aromatic N) is 2. The molecule has 1 unspecified atom stereocenters. The van der Waals surface area contributed by atoms with Crippen molar-refractivity contribution in [2.24, 2.45) is 0 Å². The SMILES string of the molecule is Cc1cccc(OC(C)C(=O)N(CCC#N)CCc2ccccc2)c1. The van der Waals surface area contributed by atoms with Crippen molar-refractivity contribution in [1.29, 1.82) is 5.26 Å². The van der Waals surface area contributed by atoms with Crippen LogP contribution in [0.1, 0.15) is 24.5 Å². The van der Waals surface area contributed by atoms with E-state index in [0.29, 0.717) is 25.3 Å². The Labute approximate surface area is 149 Å². The minimum absolute atomic E-state index is 0.0901. The number of hydrogen-bond donors (Lipinski definition) is 0. The molecule has 4 heteroatoms. The molecule has 1 atom stereocenters. The van der Waals surface area contributed by atoms with Gasteiger partial charge in [-0.1, -0.05) is 42.5 Å². The van der Waals surface area contributed by atoms with Crippen LogP contribution in [-0.4, -0.2) is 30.0 Å². The summed E-state index contributed by atoms with van der Waals surface area (Å²) in [5, 5.41) is 8.87. The molecule has 2 aromatic carbocycles. The summed E-state index contributed by atoms with van der Waals surface area (Å²) in [5.74, 6) is 0.594. The van der Waals surface area contributed by atoms with Crippen LogP contribution in [-0.2, 0) is 11.2 Å². The van der Waals surface area contributed by atoms with E-state index in [1.165, 1.54) is 5.56 Å². The normalized spacial score (nSPS) is 11.4. The Morgan fingerprint density at radius 3 is 2.60 bits per heavy atom. The van der Waals surface area contributed by atoms with Crippen LogP contribution >= 0.6 is 0 Å². The number of ether oxygens (including phenoxy) is 1. The number of rotatable bonds is 8. The van der Waals surface area contributed by atoms with E-state index in [-0.39, 0.29) is 5.91 Å². The maximum atomic E-state index is 12.8. The van der Waals surface area contributed by atoms with Crippen molar-refractivity contribution in [3.05, 3.63) is 65.7 Å². The molecule has 0 N–H and O–H groups in total. The van der Waals surface area contributed by atoms with Crippen molar-refractivity contribution in [2.75, 3.05) is 13.1 Å². The van der Waals surface area contributed by atoms with Crippen molar-refractivity contribution in [3.63, 3.8) is 0 Å². The summed E-state index contributed by atoms with van der Waals surface area (Å²) in [6.07, 6.45) is 0.489. The topological polar surface area (TPSA) is 53.3 Å². The van der Waals surface area contributed by atoms with Gasteiger partial charge in [0.25, 0.3) is 5.91 Å². The van der Waals surface area contributed by atoms with Crippen LogP contribution in [0, 0.1) is 18.3 Å². The smallest absolute Gasteiger partial charge is 0.263 e. The highest BCUT2D eigenvalue weighted by molar-refractivity contribution is 5.81. The van der Waals surface area contributed by atoms with Crippen molar-refractivity contribution in [2.45, 2.75) is 32.8 Å². The predicted octanol–water partition coefficient (Wildman–Crippen LogP) is 3.75. The molecule has 0 bridgehead atoms. The van der Waals surface area contributed by atoms with Crippen LogP contribution in [0.15, 0.2) is 54.6 Å². The molecule has 0 heterocycles. The van der Waals surface area contributed by atoms with Crippen molar-refractivity contribution < 1.29 is 9.53 Å². The molecule has 0 saturated heterocycles. The molecule has 0 fully saturated rings. The van der Waals surface area contributed by atoms with Gasteiger partial charge in [0, 0.05) is 13.1 Å². The lowest BCUT2D eigenvalue weighted by Crippen LogP contribution is -2.42. The van der Waals surface area contributed by atoms with Crippen LogP contribution < -0.4 is 4.74 Å². The maximum Gasteiger partial charge on any atom is 0.263 e. The molecule has 0 saturated carbocycles. The van der Waals surface area contributed by atoms with E-state index in [1.54, 1.807) is 11.8 Å². The molecule has 2 aromatic rings. The van der Waals surface area contributed by atoms with Gasteiger partial charge in [0.05, 0.1) is 12.5 Å². The minimum atomic E-state index is -0.587. The summed E-state index contributed by atoms with van der Waals surface area (Å²) in [6, 6.07) is 19.8. The van der Waals surface area contributed by atoms with Gasteiger partial charge in [0.2, 0.25) is 0 Å². The third-order valence-electron chi connectivity index (χ3n) is 3.97. The van der Waals surface area contributed by atoms with E-state index < -0.39 is 6.10 Å². The lowest BCUT2D eigenvalue weighted by molar-refractivity contribution is -0.137. The first kappa shape index (κ1) is 18.5. The molecule has 0 aliphatic heterocycles. The predicted molar refractivity (Wildman–Crippen MR) is 98.2 cm³/mol. The second kappa shape index (κ2) is 9.48. The lowest BCUT2D eigenvalue weighted by Gasteiger charge is -2.25. The first-order chi connectivity index (χ1) is 12.1. The number of carbonyl (C=O) groups is 1. The Bertz CT molecular complexity index is 722. The Morgan fingerprint density at radius 2 is 1.92 bits per heavy atom. The van der Waals surface area contributed by atoms with Crippen LogP contribution in [0.5, 0.6) is 5.75 Å². The van der Waals surface area contributed by atoms with Crippen LogP contribution in [0.4, 0.5) is 0 Å². The molecule has 1 amide bonds. The number of hydrogen-bond acceptors (Lipinski definition) is 3. The van der Waals surface area contributed by atoms with Crippen LogP contribution in [0.25, 0.3) is 0 Å². The Kier molecular flexibility index (Phi) is 7.03. The fourth-order valence-electron chi connectivity index (χ4n) is 2.63. The zero-order valence-electron chi connectivity index (χ0n) is 14.8. The zero-order chi connectivity index (χ0) is 18.1. The van der Waals surface area contributed by atoms with Gasteiger partial charge in [-0.25, -0.2) is 0 Å². The summed E-state index contributed by atoms with van der Waals surface area (Å²) < 4.78 is 5.80. The molecule has 25 heavy (non-hydrogen) atoms. The van der Waals surface area contributed by atoms with E-state index in [2.05, 4.69) is 6.07 Å². The molecular weight excluding hydrogens is 312 g/mol. The summed E-state index contributed by atoms with van der Waals surface area (Å²) in [7, 11) is 0. The maximum absolute atomic E-state index is 12.8. The van der Waals surface area contributed by atoms with Crippen molar-refractivity contribution in [1.82, 2.24) is 4.90 Å². The van der Waals surface area contributed by atoms with E-state index in [0.717, 1.165) is 12.0 Å². The Hall–Kier alpha value is -2.80. The first-order valence-corrected chi connectivity index (χ1v) is 8.53. The lowest BCUT2D eigenvalue weighted by atomic mass is 10.1. The van der Waals surface area contributed by atoms with Crippen molar-refractivity contribution >= 4 is 5.91 Å². The fourth-order valence-corrected chi connectivity index (χ4v) is 2.63. The molecule has 2 rings (SSSR count). The zero-order valence-corrected chi connectivity index (χ0v) is 14.8. The van der Waals surface area contributed by atoms with E-state index in [4.69, 9.17) is 10.00 Å². The molecule has 0 radical (unpaired) electrons. The van der Waals surface area contributed by atoms with E-state index >= 15 is 0 Å². The van der Waals surface area contributed by atoms with Gasteiger partial charge in [-0.15, -0.1) is 0 Å². The molecular formula is C21H24N2O2. The first-order valence-electron chi connectivity index (χ1n) is 8.53.